The van der Waals surface area contributed by atoms with Gasteiger partial charge in [0.2, 0.25) is 0 Å². The third-order valence-electron chi connectivity index (χ3n) is 2.77. The predicted octanol–water partition coefficient (Wildman–Crippen LogP) is 4.12. The van der Waals surface area contributed by atoms with Crippen molar-refractivity contribution in [3.8, 4) is 11.5 Å². The molecule has 112 valence electrons. The average Bonchev–Trinajstić information content (AvgIpc) is 2.94. The monoisotopic (exact) mass is 337 g/mol. The Labute approximate surface area is 135 Å². The van der Waals surface area contributed by atoms with E-state index in [1.807, 2.05) is 0 Å². The number of halogens is 2. The molecule has 0 aliphatic rings. The highest BCUT2D eigenvalue weighted by atomic mass is 35.5. The minimum atomic E-state index is -0.561. The molecule has 1 heterocycles. The van der Waals surface area contributed by atoms with E-state index < -0.39 is 5.97 Å². The molecule has 0 saturated heterocycles. The van der Waals surface area contributed by atoms with Gasteiger partial charge in [-0.3, -0.25) is 0 Å². The van der Waals surface area contributed by atoms with Crippen LogP contribution in [-0.4, -0.2) is 17.6 Å². The van der Waals surface area contributed by atoms with Crippen LogP contribution in [0.15, 0.2) is 47.2 Å². The second kappa shape index (κ2) is 6.25. The number of aromatic nitrogens is 1. The average molecular weight is 338 g/mol. The molecular weight excluding hydrogens is 329 g/mol. The van der Waals surface area contributed by atoms with Crippen molar-refractivity contribution < 1.29 is 18.7 Å². The fourth-order valence-electron chi connectivity index (χ4n) is 1.79. The van der Waals surface area contributed by atoms with Crippen LogP contribution in [0.2, 0.25) is 10.0 Å². The first-order valence-corrected chi connectivity index (χ1v) is 6.99. The summed E-state index contributed by atoms with van der Waals surface area (Å²) >= 11 is 11.7. The normalized spacial score (nSPS) is 10.6. The summed E-state index contributed by atoms with van der Waals surface area (Å²) in [6.45, 7) is -0.280. The number of esters is 1. The number of oxazole rings is 1. The van der Waals surface area contributed by atoms with Gasteiger partial charge in [0.05, 0.1) is 5.02 Å². The molecule has 0 atom stereocenters. The van der Waals surface area contributed by atoms with Gasteiger partial charge < -0.3 is 13.9 Å². The highest BCUT2D eigenvalue weighted by molar-refractivity contribution is 6.35. The second-order valence-corrected chi connectivity index (χ2v) is 5.16. The number of carbonyl (C=O) groups excluding carboxylic acids is 1. The Hall–Kier alpha value is -2.24. The number of rotatable bonds is 4. The van der Waals surface area contributed by atoms with Crippen LogP contribution in [0.5, 0.6) is 11.5 Å². The fourth-order valence-corrected chi connectivity index (χ4v) is 2.25. The Morgan fingerprint density at radius 3 is 2.86 bits per heavy atom. The lowest BCUT2D eigenvalue weighted by Crippen LogP contribution is -2.17. The molecule has 2 aromatic carbocycles. The molecule has 0 aliphatic heterocycles. The lowest BCUT2D eigenvalue weighted by molar-refractivity contribution is -0.136. The Bertz CT molecular complexity index is 831. The molecule has 5 nitrogen and oxygen atoms in total. The Morgan fingerprint density at radius 2 is 2.05 bits per heavy atom. The fraction of sp³-hybridized carbons (Fsp3) is 0.0667. The van der Waals surface area contributed by atoms with Crippen LogP contribution in [0.3, 0.4) is 0 Å². The molecule has 0 unspecified atom stereocenters. The third-order valence-corrected chi connectivity index (χ3v) is 3.30. The molecule has 7 heteroatoms. The quantitative estimate of drug-likeness (QED) is 0.529. The van der Waals surface area contributed by atoms with Crippen LogP contribution < -0.4 is 9.47 Å². The van der Waals surface area contributed by atoms with E-state index in [2.05, 4.69) is 4.98 Å². The van der Waals surface area contributed by atoms with Crippen LogP contribution in [-0.2, 0) is 4.79 Å². The van der Waals surface area contributed by atoms with E-state index in [1.165, 1.54) is 12.5 Å². The summed E-state index contributed by atoms with van der Waals surface area (Å²) in [6.07, 6.45) is 1.32. The minimum Gasteiger partial charge on any atom is -0.480 e. The molecule has 1 aromatic heterocycles. The van der Waals surface area contributed by atoms with Crippen molar-refractivity contribution >= 4 is 40.3 Å². The van der Waals surface area contributed by atoms with Gasteiger partial charge in [-0.15, -0.1) is 0 Å². The maximum atomic E-state index is 11.8. The number of nitrogens with zero attached hydrogens (tertiary/aromatic N) is 1. The summed E-state index contributed by atoms with van der Waals surface area (Å²) in [5.74, 6) is 0.154. The van der Waals surface area contributed by atoms with E-state index in [0.29, 0.717) is 32.6 Å². The van der Waals surface area contributed by atoms with Crippen molar-refractivity contribution in [2.24, 2.45) is 0 Å². The van der Waals surface area contributed by atoms with Crippen LogP contribution >= 0.6 is 23.2 Å². The van der Waals surface area contributed by atoms with E-state index in [-0.39, 0.29) is 6.61 Å². The number of benzene rings is 2. The zero-order valence-electron chi connectivity index (χ0n) is 11.1. The van der Waals surface area contributed by atoms with E-state index in [0.717, 1.165) is 0 Å². The van der Waals surface area contributed by atoms with Gasteiger partial charge in [-0.1, -0.05) is 23.2 Å². The van der Waals surface area contributed by atoms with Gasteiger partial charge in [0.25, 0.3) is 0 Å². The van der Waals surface area contributed by atoms with Gasteiger partial charge >= 0.3 is 5.97 Å². The lowest BCUT2D eigenvalue weighted by atomic mass is 10.3. The molecule has 3 aromatic rings. The highest BCUT2D eigenvalue weighted by Crippen LogP contribution is 2.27. The van der Waals surface area contributed by atoms with Gasteiger partial charge in [0.15, 0.2) is 18.6 Å². The first-order chi connectivity index (χ1) is 10.6. The molecule has 0 spiro atoms. The van der Waals surface area contributed by atoms with Crippen LogP contribution in [0.1, 0.15) is 0 Å². The van der Waals surface area contributed by atoms with Gasteiger partial charge in [-0.05, 0) is 30.3 Å². The van der Waals surface area contributed by atoms with E-state index in [4.69, 9.17) is 37.1 Å². The Morgan fingerprint density at radius 1 is 1.18 bits per heavy atom. The summed E-state index contributed by atoms with van der Waals surface area (Å²) in [7, 11) is 0. The molecular formula is C15H9Cl2NO4. The van der Waals surface area contributed by atoms with Gasteiger partial charge in [-0.2, -0.15) is 0 Å². The van der Waals surface area contributed by atoms with Crippen molar-refractivity contribution in [2.75, 3.05) is 6.61 Å². The van der Waals surface area contributed by atoms with E-state index in [1.54, 1.807) is 30.3 Å². The number of hydrogen-bond donors (Lipinski definition) is 0. The Balaban J connectivity index is 1.62. The van der Waals surface area contributed by atoms with Gasteiger partial charge in [-0.25, -0.2) is 9.78 Å². The maximum Gasteiger partial charge on any atom is 0.349 e. The topological polar surface area (TPSA) is 61.6 Å². The molecule has 0 bridgehead atoms. The third kappa shape index (κ3) is 3.32. The number of fused-ring (bicyclic) bond motifs is 1. The lowest BCUT2D eigenvalue weighted by Gasteiger charge is -2.08. The SMILES string of the molecule is O=C(COc1ccc(Cl)cc1Cl)Oc1ccc2ocnc2c1. The standard InChI is InChI=1S/C15H9Cl2NO4/c16-9-1-3-13(11(17)5-9)20-7-15(19)22-10-2-4-14-12(6-10)18-8-21-14/h1-6,8H,7H2. The maximum absolute atomic E-state index is 11.8. The van der Waals surface area contributed by atoms with Crippen molar-refractivity contribution in [3.63, 3.8) is 0 Å². The van der Waals surface area contributed by atoms with Crippen LogP contribution in [0, 0.1) is 0 Å². The molecule has 0 radical (unpaired) electrons. The van der Waals surface area contributed by atoms with Crippen molar-refractivity contribution in [2.45, 2.75) is 0 Å². The largest absolute Gasteiger partial charge is 0.480 e. The summed E-state index contributed by atoms with van der Waals surface area (Å²) < 4.78 is 15.6. The molecule has 0 fully saturated rings. The van der Waals surface area contributed by atoms with Crippen molar-refractivity contribution in [1.82, 2.24) is 4.98 Å². The molecule has 0 amide bonds. The summed E-state index contributed by atoms with van der Waals surface area (Å²) in [4.78, 5) is 15.8. The van der Waals surface area contributed by atoms with Crippen molar-refractivity contribution in [1.29, 1.82) is 0 Å². The highest BCUT2D eigenvalue weighted by Gasteiger charge is 2.10. The first kappa shape index (κ1) is 14.7. The molecule has 0 N–H and O–H groups in total. The smallest absolute Gasteiger partial charge is 0.349 e. The molecule has 22 heavy (non-hydrogen) atoms. The van der Waals surface area contributed by atoms with Crippen molar-refractivity contribution in [3.05, 3.63) is 52.8 Å². The van der Waals surface area contributed by atoms with E-state index in [9.17, 15) is 4.79 Å². The zero-order valence-corrected chi connectivity index (χ0v) is 12.6. The number of ether oxygens (including phenoxy) is 2. The summed E-state index contributed by atoms with van der Waals surface area (Å²) in [5.41, 5.74) is 1.22. The molecule has 0 saturated carbocycles. The number of carbonyl (C=O) groups is 1. The molecule has 3 rings (SSSR count). The van der Waals surface area contributed by atoms with Crippen LogP contribution in [0.25, 0.3) is 11.1 Å². The predicted molar refractivity (Wildman–Crippen MR) is 81.6 cm³/mol. The van der Waals surface area contributed by atoms with Crippen LogP contribution in [0.4, 0.5) is 0 Å². The Kier molecular flexibility index (Phi) is 4.18. The molecule has 0 aliphatic carbocycles. The van der Waals surface area contributed by atoms with Gasteiger partial charge in [0, 0.05) is 11.1 Å². The van der Waals surface area contributed by atoms with E-state index >= 15 is 0 Å². The van der Waals surface area contributed by atoms with Gasteiger partial charge in [0.1, 0.15) is 17.0 Å². The second-order valence-electron chi connectivity index (χ2n) is 4.32. The minimum absolute atomic E-state index is 0.280. The summed E-state index contributed by atoms with van der Waals surface area (Å²) in [6, 6.07) is 9.61. The number of hydrogen-bond acceptors (Lipinski definition) is 5. The first-order valence-electron chi connectivity index (χ1n) is 6.23. The zero-order chi connectivity index (χ0) is 15.5. The summed E-state index contributed by atoms with van der Waals surface area (Å²) in [5, 5.41) is 0.810.